The molecule has 3 aromatic rings. The highest BCUT2D eigenvalue weighted by molar-refractivity contribution is 5.76. The predicted octanol–water partition coefficient (Wildman–Crippen LogP) is 5.75. The SMILES string of the molecule is CCOCCn1c(C2CCN(Cc3ccc(C(C)(C)C)cc3)CC2)nc2ccccc21. The Bertz CT molecular complexity index is 976. The molecule has 166 valence electrons. The molecule has 0 N–H and O–H groups in total. The van der Waals surface area contributed by atoms with Crippen molar-refractivity contribution in [2.45, 2.75) is 65.0 Å². The first-order valence-electron chi connectivity index (χ1n) is 11.8. The maximum absolute atomic E-state index is 5.65. The number of piperidine rings is 1. The summed E-state index contributed by atoms with van der Waals surface area (Å²) >= 11 is 0. The van der Waals surface area contributed by atoms with Gasteiger partial charge in [-0.25, -0.2) is 4.98 Å². The molecule has 2 aromatic carbocycles. The maximum atomic E-state index is 5.65. The Morgan fingerprint density at radius 3 is 2.39 bits per heavy atom. The van der Waals surface area contributed by atoms with Gasteiger partial charge in [0.1, 0.15) is 5.82 Å². The third kappa shape index (κ3) is 5.19. The van der Waals surface area contributed by atoms with Crippen LogP contribution in [0.5, 0.6) is 0 Å². The van der Waals surface area contributed by atoms with Crippen molar-refractivity contribution in [2.24, 2.45) is 0 Å². The summed E-state index contributed by atoms with van der Waals surface area (Å²) in [5, 5.41) is 0. The summed E-state index contributed by atoms with van der Waals surface area (Å²) in [6, 6.07) is 17.7. The van der Waals surface area contributed by atoms with Crippen LogP contribution in [0, 0.1) is 0 Å². The zero-order chi connectivity index (χ0) is 21.8. The second-order valence-corrected chi connectivity index (χ2v) is 9.80. The monoisotopic (exact) mass is 419 g/mol. The summed E-state index contributed by atoms with van der Waals surface area (Å²) in [5.41, 5.74) is 5.37. The van der Waals surface area contributed by atoms with Crippen molar-refractivity contribution in [1.82, 2.24) is 14.5 Å². The van der Waals surface area contributed by atoms with E-state index in [0.717, 1.165) is 57.8 Å². The second-order valence-electron chi connectivity index (χ2n) is 9.80. The van der Waals surface area contributed by atoms with E-state index in [1.807, 2.05) is 0 Å². The van der Waals surface area contributed by atoms with Gasteiger partial charge in [0.2, 0.25) is 0 Å². The molecule has 4 rings (SSSR count). The van der Waals surface area contributed by atoms with Gasteiger partial charge in [-0.3, -0.25) is 4.90 Å². The molecule has 0 aliphatic carbocycles. The normalized spacial score (nSPS) is 16.3. The number of ether oxygens (including phenoxy) is 1. The van der Waals surface area contributed by atoms with Crippen LogP contribution in [0.2, 0.25) is 0 Å². The minimum absolute atomic E-state index is 0.213. The lowest BCUT2D eigenvalue weighted by Crippen LogP contribution is -2.33. The molecule has 0 bridgehead atoms. The Hall–Kier alpha value is -2.17. The molecule has 0 unspecified atom stereocenters. The fraction of sp³-hybridized carbons (Fsp3) is 0.519. The molecule has 0 amide bonds. The smallest absolute Gasteiger partial charge is 0.113 e. The van der Waals surface area contributed by atoms with Gasteiger partial charge in [-0.05, 0) is 61.5 Å². The Morgan fingerprint density at radius 1 is 1.00 bits per heavy atom. The summed E-state index contributed by atoms with van der Waals surface area (Å²) in [6.07, 6.45) is 2.33. The first kappa shape index (κ1) is 22.0. The standard InChI is InChI=1S/C27H37N3O/c1-5-31-19-18-30-25-9-7-6-8-24(25)28-26(30)22-14-16-29(17-15-22)20-21-10-12-23(13-11-21)27(2,3)4/h6-13,22H,5,14-20H2,1-4H3. The number of hydrogen-bond acceptors (Lipinski definition) is 3. The highest BCUT2D eigenvalue weighted by atomic mass is 16.5. The molecule has 2 heterocycles. The number of benzene rings is 2. The molecule has 1 aliphatic heterocycles. The average Bonchev–Trinajstić information content (AvgIpc) is 3.13. The lowest BCUT2D eigenvalue weighted by atomic mass is 9.86. The number of fused-ring (bicyclic) bond motifs is 1. The summed E-state index contributed by atoms with van der Waals surface area (Å²) < 4.78 is 8.05. The van der Waals surface area contributed by atoms with Gasteiger partial charge in [0.25, 0.3) is 0 Å². The van der Waals surface area contributed by atoms with E-state index < -0.39 is 0 Å². The number of imidazole rings is 1. The van der Waals surface area contributed by atoms with Crippen molar-refractivity contribution < 1.29 is 4.74 Å². The average molecular weight is 420 g/mol. The highest BCUT2D eigenvalue weighted by Crippen LogP contribution is 2.31. The van der Waals surface area contributed by atoms with Gasteiger partial charge in [0.15, 0.2) is 0 Å². The molecular weight excluding hydrogens is 382 g/mol. The molecule has 0 radical (unpaired) electrons. The molecule has 31 heavy (non-hydrogen) atoms. The second kappa shape index (κ2) is 9.54. The Kier molecular flexibility index (Phi) is 6.78. The lowest BCUT2D eigenvalue weighted by Gasteiger charge is -2.32. The van der Waals surface area contributed by atoms with Gasteiger partial charge in [-0.15, -0.1) is 0 Å². The minimum Gasteiger partial charge on any atom is -0.380 e. The van der Waals surface area contributed by atoms with Gasteiger partial charge in [0, 0.05) is 25.6 Å². The molecule has 1 saturated heterocycles. The van der Waals surface area contributed by atoms with E-state index in [2.05, 4.69) is 85.7 Å². The first-order valence-corrected chi connectivity index (χ1v) is 11.8. The first-order chi connectivity index (χ1) is 15.0. The van der Waals surface area contributed by atoms with Crippen molar-refractivity contribution in [1.29, 1.82) is 0 Å². The van der Waals surface area contributed by atoms with E-state index in [4.69, 9.17) is 9.72 Å². The number of aromatic nitrogens is 2. The largest absolute Gasteiger partial charge is 0.380 e. The van der Waals surface area contributed by atoms with Gasteiger partial charge >= 0.3 is 0 Å². The van der Waals surface area contributed by atoms with Crippen LogP contribution < -0.4 is 0 Å². The Labute approximate surface area is 187 Å². The predicted molar refractivity (Wildman–Crippen MR) is 129 cm³/mol. The third-order valence-electron chi connectivity index (χ3n) is 6.53. The molecular formula is C27H37N3O. The minimum atomic E-state index is 0.213. The van der Waals surface area contributed by atoms with E-state index in [9.17, 15) is 0 Å². The number of hydrogen-bond donors (Lipinski definition) is 0. The molecule has 1 aliphatic rings. The molecule has 1 aromatic heterocycles. The Morgan fingerprint density at radius 2 is 1.71 bits per heavy atom. The number of para-hydroxylation sites is 2. The molecule has 4 nitrogen and oxygen atoms in total. The Balaban J connectivity index is 1.41. The van der Waals surface area contributed by atoms with E-state index in [-0.39, 0.29) is 5.41 Å². The molecule has 0 saturated carbocycles. The van der Waals surface area contributed by atoms with Gasteiger partial charge in [-0.2, -0.15) is 0 Å². The van der Waals surface area contributed by atoms with E-state index in [0.29, 0.717) is 5.92 Å². The zero-order valence-corrected chi connectivity index (χ0v) is 19.6. The van der Waals surface area contributed by atoms with Crippen molar-refractivity contribution in [2.75, 3.05) is 26.3 Å². The van der Waals surface area contributed by atoms with Crippen LogP contribution in [-0.4, -0.2) is 40.8 Å². The van der Waals surface area contributed by atoms with Crippen LogP contribution in [0.3, 0.4) is 0 Å². The van der Waals surface area contributed by atoms with Crippen LogP contribution in [0.4, 0.5) is 0 Å². The van der Waals surface area contributed by atoms with Gasteiger partial charge in [0.05, 0.1) is 17.6 Å². The third-order valence-corrected chi connectivity index (χ3v) is 6.53. The van der Waals surface area contributed by atoms with Crippen molar-refractivity contribution in [3.8, 4) is 0 Å². The lowest BCUT2D eigenvalue weighted by molar-refractivity contribution is 0.138. The van der Waals surface area contributed by atoms with Crippen molar-refractivity contribution >= 4 is 11.0 Å². The molecule has 0 spiro atoms. The van der Waals surface area contributed by atoms with Crippen LogP contribution >= 0.6 is 0 Å². The topological polar surface area (TPSA) is 30.3 Å². The fourth-order valence-electron chi connectivity index (χ4n) is 4.66. The number of likely N-dealkylation sites (tertiary alicyclic amines) is 1. The van der Waals surface area contributed by atoms with Crippen LogP contribution in [-0.2, 0) is 23.2 Å². The number of rotatable bonds is 7. The van der Waals surface area contributed by atoms with Crippen LogP contribution in [0.15, 0.2) is 48.5 Å². The van der Waals surface area contributed by atoms with Crippen molar-refractivity contribution in [3.63, 3.8) is 0 Å². The number of nitrogens with zero attached hydrogens (tertiary/aromatic N) is 3. The van der Waals surface area contributed by atoms with Gasteiger partial charge < -0.3 is 9.30 Å². The highest BCUT2D eigenvalue weighted by Gasteiger charge is 2.25. The quantitative estimate of drug-likeness (QED) is 0.457. The maximum Gasteiger partial charge on any atom is 0.113 e. The van der Waals surface area contributed by atoms with E-state index >= 15 is 0 Å². The summed E-state index contributed by atoms with van der Waals surface area (Å²) in [4.78, 5) is 7.64. The summed E-state index contributed by atoms with van der Waals surface area (Å²) in [6.45, 7) is 14.5. The van der Waals surface area contributed by atoms with Crippen molar-refractivity contribution in [3.05, 3.63) is 65.5 Å². The van der Waals surface area contributed by atoms with Crippen LogP contribution in [0.1, 0.15) is 63.4 Å². The van der Waals surface area contributed by atoms with E-state index in [1.54, 1.807) is 0 Å². The molecule has 1 fully saturated rings. The zero-order valence-electron chi connectivity index (χ0n) is 19.6. The van der Waals surface area contributed by atoms with Crippen LogP contribution in [0.25, 0.3) is 11.0 Å². The fourth-order valence-corrected chi connectivity index (χ4v) is 4.66. The molecule has 4 heteroatoms. The van der Waals surface area contributed by atoms with E-state index in [1.165, 1.54) is 22.5 Å². The molecule has 0 atom stereocenters. The van der Waals surface area contributed by atoms with Gasteiger partial charge in [-0.1, -0.05) is 57.2 Å². The summed E-state index contributed by atoms with van der Waals surface area (Å²) in [5.74, 6) is 1.77. The summed E-state index contributed by atoms with van der Waals surface area (Å²) in [7, 11) is 0.